The van der Waals surface area contributed by atoms with Gasteiger partial charge in [0.05, 0.1) is 5.75 Å². The van der Waals surface area contributed by atoms with Crippen molar-refractivity contribution in [2.45, 2.75) is 18.6 Å². The van der Waals surface area contributed by atoms with Crippen molar-refractivity contribution in [2.24, 2.45) is 0 Å². The van der Waals surface area contributed by atoms with Crippen molar-refractivity contribution >= 4 is 10.0 Å². The summed E-state index contributed by atoms with van der Waals surface area (Å²) in [5.41, 5.74) is 0.633. The number of rotatable bonds is 3. The zero-order valence-corrected chi connectivity index (χ0v) is 9.71. The van der Waals surface area contributed by atoms with Crippen molar-refractivity contribution < 1.29 is 12.8 Å². The summed E-state index contributed by atoms with van der Waals surface area (Å²) in [6.45, 7) is 1.23. The minimum absolute atomic E-state index is 0.0344. The number of hydrogen-bond donors (Lipinski definition) is 0. The molecule has 0 amide bonds. The van der Waals surface area contributed by atoms with Gasteiger partial charge in [-0.05, 0) is 30.5 Å². The summed E-state index contributed by atoms with van der Waals surface area (Å²) in [6.07, 6.45) is 1.87. The van der Waals surface area contributed by atoms with E-state index in [0.29, 0.717) is 18.7 Å². The van der Waals surface area contributed by atoms with Gasteiger partial charge < -0.3 is 0 Å². The Labute approximate surface area is 94.9 Å². The number of sulfonamides is 1. The van der Waals surface area contributed by atoms with Crippen molar-refractivity contribution in [3.05, 3.63) is 35.6 Å². The van der Waals surface area contributed by atoms with Crippen LogP contribution < -0.4 is 0 Å². The molecule has 2 rings (SSSR count). The fraction of sp³-hybridized carbons (Fsp3) is 0.455. The molecule has 1 aromatic carbocycles. The van der Waals surface area contributed by atoms with Crippen LogP contribution in [0.2, 0.25) is 0 Å². The summed E-state index contributed by atoms with van der Waals surface area (Å²) in [4.78, 5) is 0. The minimum atomic E-state index is -3.22. The molecule has 0 spiro atoms. The molecular formula is C11H14FNO2S. The second-order valence-corrected chi connectivity index (χ2v) is 5.96. The molecule has 1 aliphatic rings. The molecule has 88 valence electrons. The zero-order chi connectivity index (χ0) is 11.6. The van der Waals surface area contributed by atoms with Crippen molar-refractivity contribution in [2.75, 3.05) is 13.1 Å². The standard InChI is InChI=1S/C11H14FNO2S/c12-11-5-3-10(4-6-11)9-16(14,15)13-7-1-2-8-13/h3-6H,1-2,7-9H2. The molecule has 1 fully saturated rings. The van der Waals surface area contributed by atoms with Crippen LogP contribution in [-0.4, -0.2) is 25.8 Å². The average Bonchev–Trinajstić information content (AvgIpc) is 2.75. The van der Waals surface area contributed by atoms with Crippen LogP contribution in [0.25, 0.3) is 0 Å². The molecule has 0 radical (unpaired) electrons. The van der Waals surface area contributed by atoms with Gasteiger partial charge in [0, 0.05) is 13.1 Å². The van der Waals surface area contributed by atoms with E-state index in [1.807, 2.05) is 0 Å². The third kappa shape index (κ3) is 2.59. The minimum Gasteiger partial charge on any atom is -0.212 e. The van der Waals surface area contributed by atoms with Gasteiger partial charge in [-0.3, -0.25) is 0 Å². The number of benzene rings is 1. The highest BCUT2D eigenvalue weighted by Gasteiger charge is 2.25. The molecule has 3 nitrogen and oxygen atoms in total. The third-order valence-corrected chi connectivity index (χ3v) is 4.57. The highest BCUT2D eigenvalue weighted by atomic mass is 32.2. The van der Waals surface area contributed by atoms with E-state index in [2.05, 4.69) is 0 Å². The molecule has 0 atom stereocenters. The molecule has 0 aliphatic carbocycles. The zero-order valence-electron chi connectivity index (χ0n) is 8.89. The van der Waals surface area contributed by atoms with Gasteiger partial charge >= 0.3 is 0 Å². The van der Waals surface area contributed by atoms with Crippen LogP contribution in [-0.2, 0) is 15.8 Å². The first-order valence-corrected chi connectivity index (χ1v) is 6.91. The summed E-state index contributed by atoms with van der Waals surface area (Å²) in [5.74, 6) is -0.380. The van der Waals surface area contributed by atoms with Crippen LogP contribution in [0.4, 0.5) is 4.39 Å². The van der Waals surface area contributed by atoms with Gasteiger partial charge in [-0.25, -0.2) is 17.1 Å². The maximum Gasteiger partial charge on any atom is 0.218 e. The molecule has 16 heavy (non-hydrogen) atoms. The van der Waals surface area contributed by atoms with Gasteiger partial charge in [0.2, 0.25) is 10.0 Å². The van der Waals surface area contributed by atoms with Crippen LogP contribution in [0.15, 0.2) is 24.3 Å². The summed E-state index contributed by atoms with van der Waals surface area (Å²) in [7, 11) is -3.22. The Balaban J connectivity index is 2.11. The number of nitrogens with zero attached hydrogens (tertiary/aromatic N) is 1. The van der Waals surface area contributed by atoms with Gasteiger partial charge in [-0.1, -0.05) is 12.1 Å². The molecule has 0 bridgehead atoms. The van der Waals surface area contributed by atoms with Gasteiger partial charge in [-0.2, -0.15) is 0 Å². The first-order chi connectivity index (χ1) is 7.58. The Morgan fingerprint density at radius 1 is 1.12 bits per heavy atom. The first-order valence-electron chi connectivity index (χ1n) is 5.30. The quantitative estimate of drug-likeness (QED) is 0.811. The third-order valence-electron chi connectivity index (χ3n) is 2.72. The second-order valence-electron chi connectivity index (χ2n) is 3.99. The Kier molecular flexibility index (Phi) is 3.25. The fourth-order valence-corrected chi connectivity index (χ4v) is 3.46. The van der Waals surface area contributed by atoms with Crippen LogP contribution in [0, 0.1) is 5.82 Å². The predicted octanol–water partition coefficient (Wildman–Crippen LogP) is 1.75. The lowest BCUT2D eigenvalue weighted by molar-refractivity contribution is 0.476. The lowest BCUT2D eigenvalue weighted by Gasteiger charge is -2.15. The molecule has 0 saturated carbocycles. The van der Waals surface area contributed by atoms with E-state index in [9.17, 15) is 12.8 Å². The van der Waals surface area contributed by atoms with E-state index in [0.717, 1.165) is 12.8 Å². The highest BCUT2D eigenvalue weighted by molar-refractivity contribution is 7.88. The van der Waals surface area contributed by atoms with Gasteiger partial charge in [0.15, 0.2) is 0 Å². The number of halogens is 1. The lowest BCUT2D eigenvalue weighted by atomic mass is 10.2. The van der Waals surface area contributed by atoms with Gasteiger partial charge in [0.1, 0.15) is 5.82 Å². The van der Waals surface area contributed by atoms with Crippen molar-refractivity contribution in [1.82, 2.24) is 4.31 Å². The molecule has 1 heterocycles. The predicted molar refractivity (Wildman–Crippen MR) is 59.8 cm³/mol. The van der Waals surface area contributed by atoms with E-state index >= 15 is 0 Å². The van der Waals surface area contributed by atoms with E-state index < -0.39 is 10.0 Å². The van der Waals surface area contributed by atoms with Crippen molar-refractivity contribution in [3.63, 3.8) is 0 Å². The maximum atomic E-state index is 12.7. The van der Waals surface area contributed by atoms with Crippen molar-refractivity contribution in [1.29, 1.82) is 0 Å². The SMILES string of the molecule is O=S(=O)(Cc1ccc(F)cc1)N1CCCC1. The Bertz CT molecular complexity index is 449. The topological polar surface area (TPSA) is 37.4 Å². The molecule has 1 aliphatic heterocycles. The summed E-state index contributed by atoms with van der Waals surface area (Å²) in [5, 5.41) is 0. The Hall–Kier alpha value is -0.940. The average molecular weight is 243 g/mol. The maximum absolute atomic E-state index is 12.7. The summed E-state index contributed by atoms with van der Waals surface area (Å²) in [6, 6.07) is 5.61. The van der Waals surface area contributed by atoms with E-state index in [1.54, 1.807) is 0 Å². The lowest BCUT2D eigenvalue weighted by Crippen LogP contribution is -2.29. The number of hydrogen-bond acceptors (Lipinski definition) is 2. The van der Waals surface area contributed by atoms with Gasteiger partial charge in [-0.15, -0.1) is 0 Å². The fourth-order valence-electron chi connectivity index (χ4n) is 1.85. The van der Waals surface area contributed by atoms with E-state index in [-0.39, 0.29) is 11.6 Å². The second kappa shape index (κ2) is 4.51. The van der Waals surface area contributed by atoms with Gasteiger partial charge in [0.25, 0.3) is 0 Å². The molecule has 0 aromatic heterocycles. The molecule has 1 aromatic rings. The molecular weight excluding hydrogens is 229 g/mol. The van der Waals surface area contributed by atoms with Crippen LogP contribution in [0.1, 0.15) is 18.4 Å². The Morgan fingerprint density at radius 3 is 2.25 bits per heavy atom. The van der Waals surface area contributed by atoms with Crippen LogP contribution in [0.3, 0.4) is 0 Å². The van der Waals surface area contributed by atoms with E-state index in [4.69, 9.17) is 0 Å². The normalized spacial score (nSPS) is 17.8. The van der Waals surface area contributed by atoms with E-state index in [1.165, 1.54) is 28.6 Å². The summed E-state index contributed by atoms with van der Waals surface area (Å²) >= 11 is 0. The van der Waals surface area contributed by atoms with Crippen LogP contribution >= 0.6 is 0 Å². The first kappa shape index (κ1) is 11.5. The molecule has 0 unspecified atom stereocenters. The largest absolute Gasteiger partial charge is 0.218 e. The highest BCUT2D eigenvalue weighted by Crippen LogP contribution is 2.17. The Morgan fingerprint density at radius 2 is 1.69 bits per heavy atom. The molecule has 1 saturated heterocycles. The van der Waals surface area contributed by atoms with Crippen LogP contribution in [0.5, 0.6) is 0 Å². The van der Waals surface area contributed by atoms with Crippen molar-refractivity contribution in [3.8, 4) is 0 Å². The molecule has 5 heteroatoms. The smallest absolute Gasteiger partial charge is 0.212 e. The monoisotopic (exact) mass is 243 g/mol. The molecule has 0 N–H and O–H groups in total. The summed E-state index contributed by atoms with van der Waals surface area (Å²) < 4.78 is 38.0.